The fraction of sp³-hybridized carbons (Fsp3) is 0.938. The van der Waals surface area contributed by atoms with Gasteiger partial charge in [-0.1, -0.05) is 71.1 Å². The van der Waals surface area contributed by atoms with Crippen molar-refractivity contribution in [2.24, 2.45) is 5.41 Å². The lowest BCUT2D eigenvalue weighted by atomic mass is 9.67. The summed E-state index contributed by atoms with van der Waals surface area (Å²) < 4.78 is 0. The summed E-state index contributed by atoms with van der Waals surface area (Å²) in [7, 11) is 0. The minimum absolute atomic E-state index is 0.112. The third-order valence-electron chi connectivity index (χ3n) is 4.31. The number of rotatable bonds is 10. The van der Waals surface area contributed by atoms with Crippen molar-refractivity contribution < 1.29 is 0 Å². The number of hydrogen-bond donors (Lipinski definition) is 0. The second kappa shape index (κ2) is 8.56. The molecule has 1 fully saturated rings. The molecular formula is C16H29N. The molecule has 0 spiro atoms. The average Bonchev–Trinajstić information content (AvgIpc) is 2.30. The summed E-state index contributed by atoms with van der Waals surface area (Å²) >= 11 is 0. The SMILES string of the molecule is CCCCCCCCCCCC1(C#N)CCC1. The van der Waals surface area contributed by atoms with E-state index < -0.39 is 0 Å². The van der Waals surface area contributed by atoms with E-state index in [2.05, 4.69) is 13.0 Å². The molecule has 1 aliphatic rings. The fourth-order valence-electron chi connectivity index (χ4n) is 2.80. The Morgan fingerprint density at radius 1 is 0.882 bits per heavy atom. The van der Waals surface area contributed by atoms with E-state index in [1.54, 1.807) is 0 Å². The van der Waals surface area contributed by atoms with Crippen LogP contribution >= 0.6 is 0 Å². The van der Waals surface area contributed by atoms with Crippen LogP contribution in [0.15, 0.2) is 0 Å². The van der Waals surface area contributed by atoms with Crippen LogP contribution < -0.4 is 0 Å². The summed E-state index contributed by atoms with van der Waals surface area (Å²) in [5.41, 5.74) is 0.112. The number of unbranched alkanes of at least 4 members (excludes halogenated alkanes) is 8. The minimum Gasteiger partial charge on any atom is -0.198 e. The highest BCUT2D eigenvalue weighted by Gasteiger charge is 2.36. The lowest BCUT2D eigenvalue weighted by molar-refractivity contribution is 0.191. The minimum atomic E-state index is 0.112. The van der Waals surface area contributed by atoms with Gasteiger partial charge in [-0.25, -0.2) is 0 Å². The van der Waals surface area contributed by atoms with Crippen LogP contribution in [-0.4, -0.2) is 0 Å². The molecule has 0 radical (unpaired) electrons. The Kier molecular flexibility index (Phi) is 7.33. The van der Waals surface area contributed by atoms with Gasteiger partial charge in [0, 0.05) is 0 Å². The molecule has 0 aromatic rings. The predicted octanol–water partition coefficient (Wildman–Crippen LogP) is 5.60. The molecule has 1 aliphatic carbocycles. The molecule has 0 amide bonds. The van der Waals surface area contributed by atoms with Gasteiger partial charge in [-0.3, -0.25) is 0 Å². The summed E-state index contributed by atoms with van der Waals surface area (Å²) in [5.74, 6) is 0. The Bertz CT molecular complexity index is 222. The van der Waals surface area contributed by atoms with E-state index in [-0.39, 0.29) is 5.41 Å². The largest absolute Gasteiger partial charge is 0.198 e. The number of nitriles is 1. The van der Waals surface area contributed by atoms with Gasteiger partial charge in [0.15, 0.2) is 0 Å². The maximum absolute atomic E-state index is 9.11. The van der Waals surface area contributed by atoms with Gasteiger partial charge in [-0.05, 0) is 19.3 Å². The normalized spacial score (nSPS) is 17.4. The first-order valence-corrected chi connectivity index (χ1v) is 7.74. The number of hydrogen-bond acceptors (Lipinski definition) is 1. The zero-order valence-corrected chi connectivity index (χ0v) is 11.6. The van der Waals surface area contributed by atoms with Gasteiger partial charge in [0.2, 0.25) is 0 Å². The molecular weight excluding hydrogens is 206 g/mol. The molecule has 0 aromatic heterocycles. The van der Waals surface area contributed by atoms with E-state index in [1.165, 1.54) is 83.5 Å². The maximum atomic E-state index is 9.11. The van der Waals surface area contributed by atoms with Crippen LogP contribution in [0.3, 0.4) is 0 Å². The highest BCUT2D eigenvalue weighted by atomic mass is 14.4. The second-order valence-electron chi connectivity index (χ2n) is 5.82. The molecule has 0 unspecified atom stereocenters. The predicted molar refractivity (Wildman–Crippen MR) is 73.7 cm³/mol. The summed E-state index contributed by atoms with van der Waals surface area (Å²) in [5, 5.41) is 9.11. The second-order valence-corrected chi connectivity index (χ2v) is 5.82. The Morgan fingerprint density at radius 3 is 1.82 bits per heavy atom. The molecule has 17 heavy (non-hydrogen) atoms. The van der Waals surface area contributed by atoms with E-state index in [4.69, 9.17) is 5.26 Å². The summed E-state index contributed by atoms with van der Waals surface area (Å²) in [6, 6.07) is 2.54. The Labute approximate surface area is 108 Å². The monoisotopic (exact) mass is 235 g/mol. The molecule has 1 rings (SSSR count). The van der Waals surface area contributed by atoms with Crippen LogP contribution in [0.25, 0.3) is 0 Å². The van der Waals surface area contributed by atoms with Crippen LogP contribution in [0.2, 0.25) is 0 Å². The smallest absolute Gasteiger partial charge is 0.0689 e. The average molecular weight is 235 g/mol. The van der Waals surface area contributed by atoms with Crippen molar-refractivity contribution in [1.82, 2.24) is 0 Å². The third-order valence-corrected chi connectivity index (χ3v) is 4.31. The van der Waals surface area contributed by atoms with E-state index >= 15 is 0 Å². The number of nitrogens with zero attached hydrogens (tertiary/aromatic N) is 1. The van der Waals surface area contributed by atoms with Crippen LogP contribution in [0, 0.1) is 16.7 Å². The fourth-order valence-corrected chi connectivity index (χ4v) is 2.80. The Morgan fingerprint density at radius 2 is 1.41 bits per heavy atom. The molecule has 0 atom stereocenters. The van der Waals surface area contributed by atoms with Crippen molar-refractivity contribution in [3.63, 3.8) is 0 Å². The highest BCUT2D eigenvalue weighted by molar-refractivity contribution is 5.04. The van der Waals surface area contributed by atoms with E-state index in [9.17, 15) is 0 Å². The molecule has 1 nitrogen and oxygen atoms in total. The first-order valence-electron chi connectivity index (χ1n) is 7.74. The lowest BCUT2D eigenvalue weighted by Crippen LogP contribution is -2.27. The van der Waals surface area contributed by atoms with Gasteiger partial charge >= 0.3 is 0 Å². The zero-order valence-electron chi connectivity index (χ0n) is 11.6. The zero-order chi connectivity index (χ0) is 12.4. The van der Waals surface area contributed by atoms with E-state index in [0.29, 0.717) is 0 Å². The van der Waals surface area contributed by atoms with Gasteiger partial charge in [-0.2, -0.15) is 5.26 Å². The van der Waals surface area contributed by atoms with E-state index in [1.807, 2.05) is 0 Å². The Hall–Kier alpha value is -0.510. The van der Waals surface area contributed by atoms with Crippen molar-refractivity contribution in [2.45, 2.75) is 90.4 Å². The highest BCUT2D eigenvalue weighted by Crippen LogP contribution is 2.44. The van der Waals surface area contributed by atoms with Gasteiger partial charge < -0.3 is 0 Å². The molecule has 98 valence electrons. The van der Waals surface area contributed by atoms with Crippen LogP contribution in [-0.2, 0) is 0 Å². The van der Waals surface area contributed by atoms with Crippen molar-refractivity contribution in [2.75, 3.05) is 0 Å². The van der Waals surface area contributed by atoms with Gasteiger partial charge in [0.05, 0.1) is 11.5 Å². The molecule has 0 heterocycles. The maximum Gasteiger partial charge on any atom is 0.0689 e. The summed E-state index contributed by atoms with van der Waals surface area (Å²) in [6.45, 7) is 2.27. The van der Waals surface area contributed by atoms with Crippen LogP contribution in [0.1, 0.15) is 90.4 Å². The summed E-state index contributed by atoms with van der Waals surface area (Å²) in [6.07, 6.45) is 17.2. The van der Waals surface area contributed by atoms with Crippen molar-refractivity contribution in [3.8, 4) is 6.07 Å². The topological polar surface area (TPSA) is 23.8 Å². The third kappa shape index (κ3) is 5.57. The van der Waals surface area contributed by atoms with Crippen LogP contribution in [0.5, 0.6) is 0 Å². The van der Waals surface area contributed by atoms with Crippen molar-refractivity contribution >= 4 is 0 Å². The first-order chi connectivity index (χ1) is 8.33. The molecule has 0 bridgehead atoms. The molecule has 0 aliphatic heterocycles. The van der Waals surface area contributed by atoms with Crippen molar-refractivity contribution in [1.29, 1.82) is 5.26 Å². The standard InChI is InChI=1S/C16H29N/c1-2-3-4-5-6-7-8-9-10-12-16(15-17)13-11-14-16/h2-14H2,1H3. The molecule has 1 saturated carbocycles. The quantitative estimate of drug-likeness (QED) is 0.452. The van der Waals surface area contributed by atoms with Gasteiger partial charge in [0.1, 0.15) is 0 Å². The molecule has 0 saturated heterocycles. The van der Waals surface area contributed by atoms with Gasteiger partial charge in [0.25, 0.3) is 0 Å². The lowest BCUT2D eigenvalue weighted by Gasteiger charge is -2.35. The Balaban J connectivity index is 1.83. The van der Waals surface area contributed by atoms with Crippen LogP contribution in [0.4, 0.5) is 0 Å². The van der Waals surface area contributed by atoms with E-state index in [0.717, 1.165) is 0 Å². The van der Waals surface area contributed by atoms with Crippen molar-refractivity contribution in [3.05, 3.63) is 0 Å². The molecule has 1 heteroatoms. The summed E-state index contributed by atoms with van der Waals surface area (Å²) in [4.78, 5) is 0. The molecule has 0 aromatic carbocycles. The van der Waals surface area contributed by atoms with Gasteiger partial charge in [-0.15, -0.1) is 0 Å². The first kappa shape index (κ1) is 14.6. The molecule has 0 N–H and O–H groups in total.